The van der Waals surface area contributed by atoms with Gasteiger partial charge in [0.05, 0.1) is 23.7 Å². The van der Waals surface area contributed by atoms with Crippen molar-refractivity contribution >= 4 is 5.95 Å². The number of aromatic nitrogens is 4. The quantitative estimate of drug-likeness (QED) is 0.886. The Hall–Kier alpha value is -2.46. The van der Waals surface area contributed by atoms with E-state index >= 15 is 0 Å². The zero-order valence-corrected chi connectivity index (χ0v) is 14.1. The molecule has 0 aromatic carbocycles. The highest BCUT2D eigenvalue weighted by molar-refractivity contribution is 5.69. The Balaban J connectivity index is 1.48. The van der Waals surface area contributed by atoms with Crippen molar-refractivity contribution in [3.63, 3.8) is 0 Å². The molecule has 2 aliphatic carbocycles. The average molecular weight is 335 g/mol. The van der Waals surface area contributed by atoms with Crippen LogP contribution in [0.2, 0.25) is 0 Å². The molecule has 2 atom stereocenters. The van der Waals surface area contributed by atoms with E-state index in [1.54, 1.807) is 6.20 Å². The van der Waals surface area contributed by atoms with Gasteiger partial charge in [-0.05, 0) is 43.9 Å². The Morgan fingerprint density at radius 2 is 2.20 bits per heavy atom. The highest BCUT2D eigenvalue weighted by Gasteiger charge is 2.48. The van der Waals surface area contributed by atoms with Crippen molar-refractivity contribution in [1.82, 2.24) is 19.7 Å². The van der Waals surface area contributed by atoms with Gasteiger partial charge in [-0.15, -0.1) is 0 Å². The largest absolute Gasteiger partial charge is 0.351 e. The van der Waals surface area contributed by atoms with Crippen molar-refractivity contribution in [2.24, 2.45) is 11.1 Å². The molecule has 1 aliphatic heterocycles. The van der Waals surface area contributed by atoms with Crippen molar-refractivity contribution < 1.29 is 0 Å². The Morgan fingerprint density at radius 3 is 2.92 bits per heavy atom. The molecule has 1 spiro atoms. The fourth-order valence-corrected chi connectivity index (χ4v) is 4.24. The third-order valence-electron chi connectivity index (χ3n) is 5.90. The van der Waals surface area contributed by atoms with Crippen molar-refractivity contribution in [1.29, 1.82) is 5.26 Å². The maximum absolute atomic E-state index is 9.50. The van der Waals surface area contributed by atoms with Crippen LogP contribution in [-0.4, -0.2) is 31.8 Å². The van der Waals surface area contributed by atoms with Gasteiger partial charge in [-0.25, -0.2) is 9.97 Å². The van der Waals surface area contributed by atoms with Gasteiger partial charge in [0.1, 0.15) is 6.07 Å². The fourth-order valence-electron chi connectivity index (χ4n) is 4.24. The molecular formula is C18H21N7. The lowest BCUT2D eigenvalue weighted by Gasteiger charge is -2.13. The summed E-state index contributed by atoms with van der Waals surface area (Å²) in [5, 5.41) is 17.4. The van der Waals surface area contributed by atoms with Gasteiger partial charge in [0.25, 0.3) is 0 Å². The van der Waals surface area contributed by atoms with E-state index in [1.165, 1.54) is 18.5 Å². The third-order valence-corrected chi connectivity index (χ3v) is 5.90. The average Bonchev–Trinajstić information content (AvgIpc) is 2.88. The molecule has 0 amide bonds. The van der Waals surface area contributed by atoms with Gasteiger partial charge in [0, 0.05) is 29.9 Å². The lowest BCUT2D eigenvalue weighted by Crippen LogP contribution is -2.21. The predicted octanol–water partition coefficient (Wildman–Crippen LogP) is 1.84. The zero-order valence-electron chi connectivity index (χ0n) is 14.1. The molecule has 0 radical (unpaired) electrons. The summed E-state index contributed by atoms with van der Waals surface area (Å²) in [5.74, 6) is 0.576. The minimum Gasteiger partial charge on any atom is -0.351 e. The van der Waals surface area contributed by atoms with Gasteiger partial charge in [0.2, 0.25) is 5.95 Å². The van der Waals surface area contributed by atoms with E-state index in [-0.39, 0.29) is 6.04 Å². The lowest BCUT2D eigenvalue weighted by molar-refractivity contribution is 0.471. The number of nitriles is 1. The summed E-state index contributed by atoms with van der Waals surface area (Å²) in [7, 11) is 0. The highest BCUT2D eigenvalue weighted by Crippen LogP contribution is 2.54. The number of anilines is 1. The first kappa shape index (κ1) is 14.8. The van der Waals surface area contributed by atoms with Crippen LogP contribution in [0.5, 0.6) is 0 Å². The van der Waals surface area contributed by atoms with E-state index in [2.05, 4.69) is 31.1 Å². The van der Waals surface area contributed by atoms with Gasteiger partial charge < -0.3 is 11.1 Å². The summed E-state index contributed by atoms with van der Waals surface area (Å²) in [6, 6.07) is 2.79. The van der Waals surface area contributed by atoms with Crippen molar-refractivity contribution in [2.45, 2.75) is 57.2 Å². The summed E-state index contributed by atoms with van der Waals surface area (Å²) in [6.07, 6.45) is 10.1. The maximum Gasteiger partial charge on any atom is 0.223 e. The normalized spacial score (nSPS) is 25.8. The number of nitrogens with zero attached hydrogens (tertiary/aromatic N) is 5. The molecule has 2 aromatic rings. The number of hydrogen-bond acceptors (Lipinski definition) is 6. The summed E-state index contributed by atoms with van der Waals surface area (Å²) >= 11 is 0. The van der Waals surface area contributed by atoms with Gasteiger partial charge in [0.15, 0.2) is 0 Å². The van der Waals surface area contributed by atoms with Crippen LogP contribution in [0.1, 0.15) is 43.4 Å². The molecule has 3 aliphatic rings. The zero-order chi connectivity index (χ0) is 17.0. The summed E-state index contributed by atoms with van der Waals surface area (Å²) in [4.78, 5) is 9.01. The molecule has 2 aromatic heterocycles. The van der Waals surface area contributed by atoms with Crippen LogP contribution in [0.15, 0.2) is 12.4 Å². The Kier molecular flexibility index (Phi) is 3.13. The summed E-state index contributed by atoms with van der Waals surface area (Å²) in [6.45, 7) is 1.00. The van der Waals surface area contributed by atoms with Crippen LogP contribution in [0.4, 0.5) is 5.95 Å². The van der Waals surface area contributed by atoms with Crippen LogP contribution in [0.3, 0.4) is 0 Å². The van der Waals surface area contributed by atoms with E-state index in [0.717, 1.165) is 37.8 Å². The van der Waals surface area contributed by atoms with Crippen molar-refractivity contribution in [2.75, 3.05) is 5.32 Å². The number of nitrogens with one attached hydrogen (secondary N) is 1. The van der Waals surface area contributed by atoms with Crippen LogP contribution < -0.4 is 11.1 Å². The molecule has 3 heterocycles. The minimum absolute atomic E-state index is 0.254. The predicted molar refractivity (Wildman–Crippen MR) is 92.6 cm³/mol. The summed E-state index contributed by atoms with van der Waals surface area (Å²) < 4.78 is 2.09. The number of rotatable bonds is 3. The first-order valence-electron chi connectivity index (χ1n) is 9.00. The van der Waals surface area contributed by atoms with E-state index in [4.69, 9.17) is 5.73 Å². The van der Waals surface area contributed by atoms with Crippen LogP contribution in [0.25, 0.3) is 11.3 Å². The number of fused-ring (bicyclic) bond motifs is 1. The van der Waals surface area contributed by atoms with Crippen molar-refractivity contribution in [3.05, 3.63) is 23.7 Å². The molecule has 128 valence electrons. The first-order valence-corrected chi connectivity index (χ1v) is 9.00. The van der Waals surface area contributed by atoms with Gasteiger partial charge >= 0.3 is 0 Å². The van der Waals surface area contributed by atoms with E-state index in [9.17, 15) is 5.26 Å². The van der Waals surface area contributed by atoms with E-state index in [0.29, 0.717) is 28.7 Å². The van der Waals surface area contributed by atoms with Gasteiger partial charge in [-0.1, -0.05) is 0 Å². The molecule has 0 unspecified atom stereocenters. The molecule has 2 fully saturated rings. The fraction of sp³-hybridized carbons (Fsp3) is 0.556. The second kappa shape index (κ2) is 5.27. The Labute approximate surface area is 146 Å². The van der Waals surface area contributed by atoms with E-state index in [1.807, 2.05) is 6.20 Å². The van der Waals surface area contributed by atoms with Crippen LogP contribution in [-0.2, 0) is 13.0 Å². The minimum atomic E-state index is 0.254. The standard InChI is InChI=1S/C18H21N7/c19-7-11-8-21-17(23-13-2-1-12(20)5-13)24-16(11)14-9-22-25-10-18(3-4-18)6-15(14)25/h8-9,12-13H,1-6,10,20H2,(H,21,23,24)/t12-,13-/m1/s1. The molecule has 3 N–H and O–H groups in total. The third kappa shape index (κ3) is 2.48. The van der Waals surface area contributed by atoms with Crippen LogP contribution >= 0.6 is 0 Å². The number of nitrogens with two attached hydrogens (primary N) is 1. The SMILES string of the molecule is N#Cc1cnc(N[C@@H]2CC[C@@H](N)C2)nc1-c1cnn2c1CC1(CC1)C2. The Bertz CT molecular complexity index is 874. The van der Waals surface area contributed by atoms with Gasteiger partial charge in [-0.3, -0.25) is 4.68 Å². The highest BCUT2D eigenvalue weighted by atomic mass is 15.3. The smallest absolute Gasteiger partial charge is 0.223 e. The monoisotopic (exact) mass is 335 g/mol. The summed E-state index contributed by atoms with van der Waals surface area (Å²) in [5.41, 5.74) is 9.81. The lowest BCUT2D eigenvalue weighted by atomic mass is 10.0. The molecule has 5 rings (SSSR count). The molecular weight excluding hydrogens is 314 g/mol. The maximum atomic E-state index is 9.50. The molecule has 7 heteroatoms. The second-order valence-electron chi connectivity index (χ2n) is 7.82. The number of hydrogen-bond donors (Lipinski definition) is 2. The molecule has 2 saturated carbocycles. The van der Waals surface area contributed by atoms with Gasteiger partial charge in [-0.2, -0.15) is 10.4 Å². The molecule has 25 heavy (non-hydrogen) atoms. The molecule has 7 nitrogen and oxygen atoms in total. The first-order chi connectivity index (χ1) is 12.2. The Morgan fingerprint density at radius 1 is 1.32 bits per heavy atom. The molecule has 0 saturated heterocycles. The topological polar surface area (TPSA) is 105 Å². The van der Waals surface area contributed by atoms with E-state index < -0.39 is 0 Å². The van der Waals surface area contributed by atoms with Crippen LogP contribution in [0, 0.1) is 16.7 Å². The second-order valence-corrected chi connectivity index (χ2v) is 7.82. The van der Waals surface area contributed by atoms with Crippen molar-refractivity contribution in [3.8, 4) is 17.3 Å². The molecule has 0 bridgehead atoms.